The van der Waals surface area contributed by atoms with Crippen LogP contribution < -0.4 is 5.32 Å². The van der Waals surface area contributed by atoms with Crippen LogP contribution in [0.15, 0.2) is 24.4 Å². The first-order valence-electron chi connectivity index (χ1n) is 5.63. The van der Waals surface area contributed by atoms with Crippen molar-refractivity contribution in [2.45, 2.75) is 6.92 Å². The summed E-state index contributed by atoms with van der Waals surface area (Å²) in [6, 6.07) is 5.01. The number of carbonyl (C=O) groups is 1. The summed E-state index contributed by atoms with van der Waals surface area (Å²) in [4.78, 5) is 17.0. The van der Waals surface area contributed by atoms with Gasteiger partial charge in [-0.3, -0.25) is 4.79 Å². The van der Waals surface area contributed by atoms with Crippen LogP contribution >= 0.6 is 34.5 Å². The third-order valence-corrected chi connectivity index (χ3v) is 4.05. The Hall–Kier alpha value is -1.63. The van der Waals surface area contributed by atoms with Crippen molar-refractivity contribution in [1.29, 1.82) is 0 Å². The van der Waals surface area contributed by atoms with Crippen LogP contribution in [0.3, 0.4) is 0 Å². The number of nitrogens with zero attached hydrogens (tertiary/aromatic N) is 3. The third kappa shape index (κ3) is 2.37. The molecule has 2 heterocycles. The number of aryl methyl sites for hydroxylation is 1. The number of nitrogens with one attached hydrogen (secondary N) is 1. The molecule has 0 aliphatic carbocycles. The van der Waals surface area contributed by atoms with Gasteiger partial charge >= 0.3 is 0 Å². The Labute approximate surface area is 128 Å². The first-order chi connectivity index (χ1) is 9.54. The number of aromatic nitrogens is 3. The van der Waals surface area contributed by atoms with Gasteiger partial charge in [-0.05, 0) is 19.1 Å². The van der Waals surface area contributed by atoms with Crippen molar-refractivity contribution in [3.63, 3.8) is 0 Å². The summed E-state index contributed by atoms with van der Waals surface area (Å²) in [7, 11) is 0. The van der Waals surface area contributed by atoms with E-state index < -0.39 is 0 Å². The summed E-state index contributed by atoms with van der Waals surface area (Å²) in [6.45, 7) is 1.88. The fourth-order valence-corrected chi connectivity index (χ4v) is 2.92. The number of benzene rings is 1. The fourth-order valence-electron chi connectivity index (χ4n) is 1.70. The lowest BCUT2D eigenvalue weighted by atomic mass is 10.3. The molecule has 0 atom stereocenters. The van der Waals surface area contributed by atoms with E-state index in [1.54, 1.807) is 28.9 Å². The molecule has 0 radical (unpaired) electrons. The zero-order valence-electron chi connectivity index (χ0n) is 10.2. The van der Waals surface area contributed by atoms with Crippen LogP contribution in [0, 0.1) is 6.92 Å². The van der Waals surface area contributed by atoms with Crippen molar-refractivity contribution >= 4 is 51.1 Å². The van der Waals surface area contributed by atoms with Crippen LogP contribution in [-0.4, -0.2) is 20.5 Å². The van der Waals surface area contributed by atoms with E-state index in [0.717, 1.165) is 5.01 Å². The number of halogens is 2. The van der Waals surface area contributed by atoms with Crippen LogP contribution in [0.1, 0.15) is 15.5 Å². The Morgan fingerprint density at radius 2 is 2.05 bits per heavy atom. The topological polar surface area (TPSA) is 59.3 Å². The lowest BCUT2D eigenvalue weighted by molar-refractivity contribution is 0.102. The van der Waals surface area contributed by atoms with E-state index in [1.165, 1.54) is 11.3 Å². The average Bonchev–Trinajstić information content (AvgIpc) is 2.91. The zero-order chi connectivity index (χ0) is 14.3. The van der Waals surface area contributed by atoms with Gasteiger partial charge in [0.1, 0.15) is 10.7 Å². The minimum Gasteiger partial charge on any atom is -0.318 e. The second-order valence-electron chi connectivity index (χ2n) is 4.03. The molecule has 3 rings (SSSR count). The van der Waals surface area contributed by atoms with Crippen molar-refractivity contribution in [1.82, 2.24) is 14.6 Å². The van der Waals surface area contributed by atoms with Gasteiger partial charge in [0.15, 0.2) is 0 Å². The lowest BCUT2D eigenvalue weighted by Crippen LogP contribution is -2.13. The molecule has 0 bridgehead atoms. The Morgan fingerprint density at radius 1 is 1.35 bits per heavy atom. The maximum absolute atomic E-state index is 12.1. The summed E-state index contributed by atoms with van der Waals surface area (Å²) in [5.74, 6) is -0.379. The second-order valence-corrected chi connectivity index (χ2v) is 6.00. The highest BCUT2D eigenvalue weighted by Gasteiger charge is 2.15. The third-order valence-electron chi connectivity index (χ3n) is 2.58. The molecule has 2 aromatic heterocycles. The maximum Gasteiger partial charge on any atom is 0.276 e. The van der Waals surface area contributed by atoms with Crippen molar-refractivity contribution in [3.8, 4) is 0 Å². The molecule has 0 saturated heterocycles. The number of anilines is 1. The number of hydrogen-bond acceptors (Lipinski definition) is 4. The quantitative estimate of drug-likeness (QED) is 0.781. The molecule has 0 saturated carbocycles. The van der Waals surface area contributed by atoms with Gasteiger partial charge in [-0.1, -0.05) is 40.6 Å². The highest BCUT2D eigenvalue weighted by atomic mass is 35.5. The van der Waals surface area contributed by atoms with Crippen molar-refractivity contribution in [3.05, 3.63) is 45.1 Å². The Morgan fingerprint density at radius 3 is 2.70 bits per heavy atom. The van der Waals surface area contributed by atoms with Gasteiger partial charge in [-0.15, -0.1) is 0 Å². The molecule has 8 heteroatoms. The molecule has 0 aliphatic rings. The van der Waals surface area contributed by atoms with Crippen molar-refractivity contribution < 1.29 is 4.79 Å². The van der Waals surface area contributed by atoms with Gasteiger partial charge in [0.05, 0.1) is 21.9 Å². The summed E-state index contributed by atoms with van der Waals surface area (Å²) < 4.78 is 1.57. The number of hydrogen-bond donors (Lipinski definition) is 1. The normalized spacial score (nSPS) is 10.9. The lowest BCUT2D eigenvalue weighted by Gasteiger charge is -2.07. The predicted octanol–water partition coefficient (Wildman–Crippen LogP) is 3.66. The minimum absolute atomic E-state index is 0.264. The van der Waals surface area contributed by atoms with Crippen LogP contribution in [0.25, 0.3) is 4.96 Å². The summed E-state index contributed by atoms with van der Waals surface area (Å²) in [5, 5.41) is 8.49. The zero-order valence-corrected chi connectivity index (χ0v) is 12.6. The average molecular weight is 327 g/mol. The van der Waals surface area contributed by atoms with E-state index in [9.17, 15) is 4.79 Å². The molecule has 1 amide bonds. The number of imidazole rings is 1. The first kappa shape index (κ1) is 13.4. The van der Waals surface area contributed by atoms with Crippen molar-refractivity contribution in [2.75, 3.05) is 5.32 Å². The molecule has 5 nitrogen and oxygen atoms in total. The number of amides is 1. The van der Waals surface area contributed by atoms with Crippen LogP contribution in [0.2, 0.25) is 10.0 Å². The molecule has 0 unspecified atom stereocenters. The Kier molecular flexibility index (Phi) is 3.37. The van der Waals surface area contributed by atoms with Crippen LogP contribution in [0.5, 0.6) is 0 Å². The van der Waals surface area contributed by atoms with E-state index in [0.29, 0.717) is 20.7 Å². The molecule has 1 N–H and O–H groups in total. The van der Waals surface area contributed by atoms with E-state index in [-0.39, 0.29) is 11.6 Å². The molecular formula is C12H8Cl2N4OS. The van der Waals surface area contributed by atoms with Crippen LogP contribution in [0.4, 0.5) is 5.69 Å². The fraction of sp³-hybridized carbons (Fsp3) is 0.0833. The molecule has 1 aromatic carbocycles. The molecule has 0 spiro atoms. The van der Waals surface area contributed by atoms with Gasteiger partial charge in [0, 0.05) is 0 Å². The molecular weight excluding hydrogens is 319 g/mol. The molecule has 0 fully saturated rings. The van der Waals surface area contributed by atoms with Gasteiger partial charge in [-0.25, -0.2) is 9.50 Å². The summed E-state index contributed by atoms with van der Waals surface area (Å²) in [5.41, 5.74) is 0.640. The van der Waals surface area contributed by atoms with Gasteiger partial charge in [0.25, 0.3) is 5.91 Å². The second kappa shape index (κ2) is 5.05. The largest absolute Gasteiger partial charge is 0.318 e. The molecule has 102 valence electrons. The Balaban J connectivity index is 1.90. The minimum atomic E-state index is -0.379. The van der Waals surface area contributed by atoms with E-state index in [2.05, 4.69) is 15.4 Å². The van der Waals surface area contributed by atoms with Gasteiger partial charge in [-0.2, -0.15) is 5.10 Å². The monoisotopic (exact) mass is 326 g/mol. The number of carbonyl (C=O) groups excluding carboxylic acids is 1. The maximum atomic E-state index is 12.1. The summed E-state index contributed by atoms with van der Waals surface area (Å²) >= 11 is 13.4. The number of para-hydroxylation sites is 1. The molecule has 3 aromatic rings. The molecule has 20 heavy (non-hydrogen) atoms. The predicted molar refractivity (Wildman–Crippen MR) is 80.0 cm³/mol. The molecule has 0 aliphatic heterocycles. The van der Waals surface area contributed by atoms with Crippen LogP contribution in [-0.2, 0) is 0 Å². The number of rotatable bonds is 2. The van der Waals surface area contributed by atoms with E-state index >= 15 is 0 Å². The summed E-state index contributed by atoms with van der Waals surface area (Å²) in [6.07, 6.45) is 1.57. The Bertz CT molecular complexity index is 759. The van der Waals surface area contributed by atoms with Crippen molar-refractivity contribution in [2.24, 2.45) is 0 Å². The smallest absolute Gasteiger partial charge is 0.276 e. The van der Waals surface area contributed by atoms with E-state index in [4.69, 9.17) is 23.2 Å². The highest BCUT2D eigenvalue weighted by molar-refractivity contribution is 7.16. The number of fused-ring (bicyclic) bond motifs is 1. The SMILES string of the molecule is Cc1nn2cc(C(=O)Nc3c(Cl)cccc3Cl)nc2s1. The first-order valence-corrected chi connectivity index (χ1v) is 7.20. The standard InChI is InChI=1S/C12H8Cl2N4OS/c1-6-17-18-5-9(15-12(18)20-6)11(19)16-10-7(13)3-2-4-8(10)14/h2-5H,1H3,(H,16,19). The van der Waals surface area contributed by atoms with E-state index in [1.807, 2.05) is 6.92 Å². The highest BCUT2D eigenvalue weighted by Crippen LogP contribution is 2.30. The van der Waals surface area contributed by atoms with Gasteiger partial charge < -0.3 is 5.32 Å². The van der Waals surface area contributed by atoms with Gasteiger partial charge in [0.2, 0.25) is 4.96 Å².